The maximum Gasteiger partial charge on any atom is 0.337 e. The largest absolute Gasteiger partial charge is 0.510 e. The number of carboxylic acid groups (broad SMARTS) is 1. The number of rotatable bonds is 5. The second-order valence-electron chi connectivity index (χ2n) is 4.84. The fraction of sp³-hybridized carbons (Fsp3) is 0.0625. The van der Waals surface area contributed by atoms with E-state index >= 15 is 0 Å². The van der Waals surface area contributed by atoms with Crippen molar-refractivity contribution in [2.24, 2.45) is 10.2 Å². The molecule has 0 saturated heterocycles. The average Bonchev–Trinajstić information content (AvgIpc) is 2.55. The Kier molecular flexibility index (Phi) is 5.41. The van der Waals surface area contributed by atoms with E-state index in [0.29, 0.717) is 0 Å². The van der Waals surface area contributed by atoms with E-state index in [1.54, 1.807) is 6.07 Å². The van der Waals surface area contributed by atoms with Crippen molar-refractivity contribution in [2.75, 3.05) is 5.32 Å². The number of aliphatic hydroxyl groups excluding tert-OH is 1. The van der Waals surface area contributed by atoms with Crippen LogP contribution in [0.1, 0.15) is 17.3 Å². The summed E-state index contributed by atoms with van der Waals surface area (Å²) >= 11 is 0. The number of allylic oxidation sites excluding steroid dienone is 1. The summed E-state index contributed by atoms with van der Waals surface area (Å²) in [6.45, 7) is 1.23. The van der Waals surface area contributed by atoms with E-state index in [2.05, 4.69) is 20.5 Å². The van der Waals surface area contributed by atoms with Crippen LogP contribution in [0.5, 0.6) is 0 Å². The molecule has 9 heteroatoms. The number of H-pyrrole nitrogens is 1. The van der Waals surface area contributed by atoms with Crippen LogP contribution in [0.3, 0.4) is 0 Å². The zero-order valence-electron chi connectivity index (χ0n) is 13.1. The van der Waals surface area contributed by atoms with E-state index in [1.807, 2.05) is 0 Å². The maximum atomic E-state index is 12.2. The molecule has 1 aromatic carbocycles. The average molecular weight is 342 g/mol. The third-order valence-electron chi connectivity index (χ3n) is 2.97. The molecule has 1 amide bonds. The zero-order valence-corrected chi connectivity index (χ0v) is 13.1. The minimum Gasteiger partial charge on any atom is -0.510 e. The highest BCUT2D eigenvalue weighted by molar-refractivity contribution is 6.03. The van der Waals surface area contributed by atoms with Gasteiger partial charge in [-0.05, 0) is 25.1 Å². The van der Waals surface area contributed by atoms with Gasteiger partial charge in [-0.1, -0.05) is 18.2 Å². The minimum absolute atomic E-state index is 0.0228. The van der Waals surface area contributed by atoms with E-state index in [4.69, 9.17) is 5.11 Å². The zero-order chi connectivity index (χ0) is 18.4. The van der Waals surface area contributed by atoms with Crippen LogP contribution in [0.15, 0.2) is 68.9 Å². The Balaban J connectivity index is 2.28. The highest BCUT2D eigenvalue weighted by Gasteiger charge is 2.15. The molecule has 9 nitrogen and oxygen atoms in total. The van der Waals surface area contributed by atoms with Crippen LogP contribution in [0.4, 0.5) is 11.5 Å². The Morgan fingerprint density at radius 3 is 2.44 bits per heavy atom. The molecule has 4 N–H and O–H groups in total. The monoisotopic (exact) mass is 342 g/mol. The number of nitrogens with zero attached hydrogens (tertiary/aromatic N) is 2. The Hall–Kier alpha value is -3.75. The van der Waals surface area contributed by atoms with Crippen LogP contribution in [-0.4, -0.2) is 27.1 Å². The molecule has 2 aromatic rings. The molecule has 0 unspecified atom stereocenters. The van der Waals surface area contributed by atoms with Crippen LogP contribution < -0.4 is 10.9 Å². The molecular weight excluding hydrogens is 328 g/mol. The Labute approximate surface area is 141 Å². The second kappa shape index (κ2) is 7.68. The lowest BCUT2D eigenvalue weighted by Gasteiger charge is -2.05. The van der Waals surface area contributed by atoms with Gasteiger partial charge in [-0.2, -0.15) is 0 Å². The van der Waals surface area contributed by atoms with Crippen LogP contribution >= 0.6 is 0 Å². The van der Waals surface area contributed by atoms with Gasteiger partial charge in [0.1, 0.15) is 17.3 Å². The molecule has 0 spiro atoms. The van der Waals surface area contributed by atoms with Crippen LogP contribution in [0.2, 0.25) is 0 Å². The number of hydrogen-bond donors (Lipinski definition) is 4. The maximum absolute atomic E-state index is 12.2. The summed E-state index contributed by atoms with van der Waals surface area (Å²) in [5.74, 6) is -2.34. The molecule has 0 saturated carbocycles. The molecule has 2 rings (SSSR count). The van der Waals surface area contributed by atoms with Gasteiger partial charge in [0.25, 0.3) is 5.91 Å². The molecule has 128 valence electrons. The molecule has 0 fully saturated rings. The van der Waals surface area contributed by atoms with Crippen LogP contribution in [-0.2, 0) is 4.79 Å². The van der Waals surface area contributed by atoms with Crippen molar-refractivity contribution in [2.45, 2.75) is 6.92 Å². The van der Waals surface area contributed by atoms with E-state index in [0.717, 1.165) is 0 Å². The molecule has 0 aliphatic heterocycles. The number of amides is 1. The summed E-state index contributed by atoms with van der Waals surface area (Å²) in [7, 11) is 0. The van der Waals surface area contributed by atoms with Crippen molar-refractivity contribution in [1.29, 1.82) is 0 Å². The quantitative estimate of drug-likeness (QED) is 0.375. The molecule has 1 aromatic heterocycles. The van der Waals surface area contributed by atoms with Crippen LogP contribution in [0, 0.1) is 0 Å². The fourth-order valence-corrected chi connectivity index (χ4v) is 1.83. The number of anilines is 1. The van der Waals surface area contributed by atoms with Gasteiger partial charge in [-0.3, -0.25) is 9.59 Å². The number of pyridine rings is 1. The lowest BCUT2D eigenvalue weighted by atomic mass is 10.2. The third kappa shape index (κ3) is 4.61. The van der Waals surface area contributed by atoms with E-state index in [-0.39, 0.29) is 17.1 Å². The number of azo groups is 1. The number of hydrogen-bond acceptors (Lipinski definition) is 6. The summed E-state index contributed by atoms with van der Waals surface area (Å²) in [5.41, 5.74) is -0.922. The number of nitrogens with one attached hydrogen (secondary N) is 2. The van der Waals surface area contributed by atoms with Crippen molar-refractivity contribution in [3.8, 4) is 0 Å². The predicted octanol–water partition coefficient (Wildman–Crippen LogP) is 2.58. The van der Waals surface area contributed by atoms with Gasteiger partial charge in [-0.25, -0.2) is 4.79 Å². The number of carbonyl (C=O) groups is 2. The molecule has 0 atom stereocenters. The summed E-state index contributed by atoms with van der Waals surface area (Å²) in [4.78, 5) is 36.9. The number of benzene rings is 1. The number of aliphatic hydroxyl groups is 1. The predicted molar refractivity (Wildman–Crippen MR) is 88.9 cm³/mol. The first-order valence-corrected chi connectivity index (χ1v) is 7.03. The lowest BCUT2D eigenvalue weighted by molar-refractivity contribution is -0.113. The lowest BCUT2D eigenvalue weighted by Crippen LogP contribution is -2.17. The van der Waals surface area contributed by atoms with E-state index in [1.165, 1.54) is 43.3 Å². The van der Waals surface area contributed by atoms with Crippen molar-refractivity contribution >= 4 is 23.4 Å². The summed E-state index contributed by atoms with van der Waals surface area (Å²) < 4.78 is 0. The smallest absolute Gasteiger partial charge is 0.337 e. The van der Waals surface area contributed by atoms with Crippen molar-refractivity contribution in [3.05, 3.63) is 69.8 Å². The second-order valence-corrected chi connectivity index (χ2v) is 4.84. The summed E-state index contributed by atoms with van der Waals surface area (Å²) in [5, 5.41) is 28.5. The van der Waals surface area contributed by atoms with Crippen LogP contribution in [0.25, 0.3) is 0 Å². The molecule has 25 heavy (non-hydrogen) atoms. The number of aromatic nitrogens is 1. The van der Waals surface area contributed by atoms with Crippen molar-refractivity contribution in [1.82, 2.24) is 4.98 Å². The highest BCUT2D eigenvalue weighted by Crippen LogP contribution is 2.20. The number of carboxylic acids is 1. The van der Waals surface area contributed by atoms with Gasteiger partial charge in [0.05, 0.1) is 5.56 Å². The van der Waals surface area contributed by atoms with E-state index < -0.39 is 28.9 Å². The first-order valence-electron chi connectivity index (χ1n) is 7.03. The fourth-order valence-electron chi connectivity index (χ4n) is 1.83. The molecule has 0 aliphatic carbocycles. The molecule has 0 bridgehead atoms. The topological polar surface area (TPSA) is 144 Å². The molecular formula is C16H14N4O5. The van der Waals surface area contributed by atoms with Gasteiger partial charge in [-0.15, -0.1) is 10.2 Å². The molecule has 1 heterocycles. The molecule has 0 radical (unpaired) electrons. The summed E-state index contributed by atoms with van der Waals surface area (Å²) in [6.07, 6.45) is 0. The third-order valence-corrected chi connectivity index (χ3v) is 2.97. The first kappa shape index (κ1) is 17.6. The van der Waals surface area contributed by atoms with Gasteiger partial charge < -0.3 is 20.5 Å². The Bertz CT molecular complexity index is 926. The summed E-state index contributed by atoms with van der Waals surface area (Å²) in [6, 6.07) is 9.98. The molecule has 0 aliphatic rings. The standard InChI is InChI=1S/C16H14N4O5/c1-9(21)14(15(23)18-12-7-4-8-13(22)17-12)20-19-11-6-3-2-5-10(11)16(24)25/h2-8,21H,1H3,(H,24,25)(H2,17,18,22,23). The van der Waals surface area contributed by atoms with Crippen molar-refractivity contribution in [3.63, 3.8) is 0 Å². The SMILES string of the molecule is CC(O)=C(N=Nc1ccccc1C(=O)O)C(=O)Nc1cccc(=O)[nH]1. The Morgan fingerprint density at radius 1 is 1.08 bits per heavy atom. The number of carbonyl (C=O) groups excluding carboxylic acids is 1. The first-order chi connectivity index (χ1) is 11.9. The normalized spacial score (nSPS) is 11.9. The van der Waals surface area contributed by atoms with Gasteiger partial charge in [0.2, 0.25) is 5.56 Å². The van der Waals surface area contributed by atoms with Gasteiger partial charge in [0.15, 0.2) is 5.70 Å². The number of aromatic carboxylic acids is 1. The van der Waals surface area contributed by atoms with E-state index in [9.17, 15) is 19.5 Å². The highest BCUT2D eigenvalue weighted by atomic mass is 16.4. The van der Waals surface area contributed by atoms with Gasteiger partial charge in [0, 0.05) is 6.07 Å². The van der Waals surface area contributed by atoms with Gasteiger partial charge >= 0.3 is 5.97 Å². The minimum atomic E-state index is -1.20. The number of aromatic amines is 1. The van der Waals surface area contributed by atoms with Crippen molar-refractivity contribution < 1.29 is 19.8 Å². The Morgan fingerprint density at radius 2 is 1.80 bits per heavy atom.